The molecule has 5 nitrogen and oxygen atoms in total. The number of carboxylic acid groups (broad SMARTS) is 1. The summed E-state index contributed by atoms with van der Waals surface area (Å²) in [5, 5.41) is 28.1. The lowest BCUT2D eigenvalue weighted by atomic mass is 10.0. The number of aliphatic carboxylic acids is 1. The van der Waals surface area contributed by atoms with Crippen LogP contribution < -0.4 is 0 Å². The molecule has 0 radical (unpaired) electrons. The Morgan fingerprint density at radius 3 is 2.17 bits per heavy atom. The van der Waals surface area contributed by atoms with Crippen LogP contribution in [0.3, 0.4) is 0 Å². The number of carbonyl (C=O) groups is 2. The summed E-state index contributed by atoms with van der Waals surface area (Å²) in [4.78, 5) is 22.1. The first kappa shape index (κ1) is 21.8. The number of aliphatic hydroxyl groups excluding tert-OH is 2. The van der Waals surface area contributed by atoms with Gasteiger partial charge in [-0.15, -0.1) is 0 Å². The average Bonchev–Trinajstić information content (AvgIpc) is 2.52. The second-order valence-corrected chi connectivity index (χ2v) is 5.99. The lowest BCUT2D eigenvalue weighted by molar-refractivity contribution is -0.137. The molecule has 0 unspecified atom stereocenters. The molecular weight excluding hydrogens is 296 g/mol. The molecule has 0 saturated carbocycles. The first-order chi connectivity index (χ1) is 11.0. The molecule has 0 aromatic rings. The minimum Gasteiger partial charge on any atom is -0.481 e. The highest BCUT2D eigenvalue weighted by molar-refractivity contribution is 5.83. The average molecular weight is 328 g/mol. The van der Waals surface area contributed by atoms with Crippen molar-refractivity contribution >= 4 is 11.8 Å². The topological polar surface area (TPSA) is 94.8 Å². The van der Waals surface area contributed by atoms with Gasteiger partial charge in [0.15, 0.2) is 5.78 Å². The summed E-state index contributed by atoms with van der Waals surface area (Å²) in [5.74, 6) is -1.14. The molecule has 0 heterocycles. The molecular formula is C18H32O5. The van der Waals surface area contributed by atoms with E-state index in [-0.39, 0.29) is 25.0 Å². The first-order valence-corrected chi connectivity index (χ1v) is 8.74. The van der Waals surface area contributed by atoms with Crippen LogP contribution in [0, 0.1) is 0 Å². The molecule has 0 aromatic carbocycles. The molecule has 0 amide bonds. The van der Waals surface area contributed by atoms with E-state index in [2.05, 4.69) is 6.92 Å². The van der Waals surface area contributed by atoms with Crippen LogP contribution in [0.5, 0.6) is 0 Å². The fraction of sp³-hybridized carbons (Fsp3) is 0.778. The van der Waals surface area contributed by atoms with Crippen LogP contribution in [-0.4, -0.2) is 39.3 Å². The van der Waals surface area contributed by atoms with E-state index in [9.17, 15) is 19.8 Å². The smallest absolute Gasteiger partial charge is 0.303 e. The molecule has 0 aliphatic rings. The molecule has 0 aliphatic heterocycles. The predicted octanol–water partition coefficient (Wildman–Crippen LogP) is 3.23. The Kier molecular flexibility index (Phi) is 13.6. The Bertz CT molecular complexity index is 351. The summed E-state index contributed by atoms with van der Waals surface area (Å²) < 4.78 is 0. The summed E-state index contributed by atoms with van der Waals surface area (Å²) in [7, 11) is 0. The van der Waals surface area contributed by atoms with E-state index in [1.807, 2.05) is 12.2 Å². The summed E-state index contributed by atoms with van der Waals surface area (Å²) in [5.41, 5.74) is 0. The van der Waals surface area contributed by atoms with E-state index >= 15 is 0 Å². The molecule has 5 heteroatoms. The Morgan fingerprint density at radius 2 is 1.57 bits per heavy atom. The Morgan fingerprint density at radius 1 is 0.913 bits per heavy atom. The SMILES string of the molecule is CCCCC/C=C\C[C@H](O)[C@H](O)C(=O)CCCCCCC(=O)O. The van der Waals surface area contributed by atoms with Gasteiger partial charge in [0.05, 0.1) is 6.10 Å². The number of Topliss-reactive ketones (excluding diaryl/α,β-unsaturated/α-hetero) is 1. The second-order valence-electron chi connectivity index (χ2n) is 5.99. The van der Waals surface area contributed by atoms with Gasteiger partial charge in [0.2, 0.25) is 0 Å². The summed E-state index contributed by atoms with van der Waals surface area (Å²) in [6, 6.07) is 0. The van der Waals surface area contributed by atoms with Crippen molar-refractivity contribution in [2.24, 2.45) is 0 Å². The standard InChI is InChI=1S/C18H32O5/c1-2-3-4-5-6-9-12-15(19)18(23)16(20)13-10-7-8-11-14-17(21)22/h6,9,15,18-19,23H,2-5,7-8,10-14H2,1H3,(H,21,22)/b9-6-/t15-,18-/m0/s1. The van der Waals surface area contributed by atoms with E-state index < -0.39 is 18.2 Å². The molecule has 0 rings (SSSR count). The highest BCUT2D eigenvalue weighted by Gasteiger charge is 2.22. The summed E-state index contributed by atoms with van der Waals surface area (Å²) in [6.45, 7) is 2.14. The highest BCUT2D eigenvalue weighted by Crippen LogP contribution is 2.10. The quantitative estimate of drug-likeness (QED) is 0.317. The van der Waals surface area contributed by atoms with Crippen LogP contribution in [0.4, 0.5) is 0 Å². The third kappa shape index (κ3) is 13.0. The van der Waals surface area contributed by atoms with Crippen LogP contribution in [-0.2, 0) is 9.59 Å². The van der Waals surface area contributed by atoms with Crippen molar-refractivity contribution in [3.05, 3.63) is 12.2 Å². The maximum absolute atomic E-state index is 11.8. The fourth-order valence-electron chi connectivity index (χ4n) is 2.29. The van der Waals surface area contributed by atoms with Gasteiger partial charge in [-0.3, -0.25) is 9.59 Å². The molecule has 0 bridgehead atoms. The predicted molar refractivity (Wildman–Crippen MR) is 90.3 cm³/mol. The highest BCUT2D eigenvalue weighted by atomic mass is 16.4. The van der Waals surface area contributed by atoms with Crippen molar-refractivity contribution in [3.8, 4) is 0 Å². The largest absolute Gasteiger partial charge is 0.481 e. The van der Waals surface area contributed by atoms with E-state index in [1.165, 1.54) is 12.8 Å². The number of allylic oxidation sites excluding steroid dienone is 1. The fourth-order valence-corrected chi connectivity index (χ4v) is 2.29. The molecule has 0 fully saturated rings. The number of hydrogen-bond donors (Lipinski definition) is 3. The third-order valence-electron chi connectivity index (χ3n) is 3.78. The first-order valence-electron chi connectivity index (χ1n) is 8.74. The zero-order valence-corrected chi connectivity index (χ0v) is 14.2. The van der Waals surface area contributed by atoms with Gasteiger partial charge in [0.25, 0.3) is 0 Å². The second kappa shape index (κ2) is 14.4. The van der Waals surface area contributed by atoms with Gasteiger partial charge in [-0.05, 0) is 32.1 Å². The molecule has 0 aromatic heterocycles. The van der Waals surface area contributed by atoms with Gasteiger partial charge in [-0.2, -0.15) is 0 Å². The molecule has 23 heavy (non-hydrogen) atoms. The molecule has 0 aliphatic carbocycles. The number of carbonyl (C=O) groups excluding carboxylic acids is 1. The van der Waals surface area contributed by atoms with Crippen molar-refractivity contribution < 1.29 is 24.9 Å². The molecule has 2 atom stereocenters. The third-order valence-corrected chi connectivity index (χ3v) is 3.78. The monoisotopic (exact) mass is 328 g/mol. The van der Waals surface area contributed by atoms with Crippen LogP contribution in [0.2, 0.25) is 0 Å². The van der Waals surface area contributed by atoms with E-state index in [4.69, 9.17) is 5.11 Å². The van der Waals surface area contributed by atoms with E-state index in [1.54, 1.807) is 0 Å². The Labute approximate surface area is 139 Å². The van der Waals surface area contributed by atoms with Gasteiger partial charge < -0.3 is 15.3 Å². The van der Waals surface area contributed by atoms with Crippen LogP contribution in [0.15, 0.2) is 12.2 Å². The normalized spacial score (nSPS) is 14.0. The van der Waals surface area contributed by atoms with Gasteiger partial charge in [0.1, 0.15) is 6.10 Å². The maximum Gasteiger partial charge on any atom is 0.303 e. The summed E-state index contributed by atoms with van der Waals surface area (Å²) >= 11 is 0. The van der Waals surface area contributed by atoms with Crippen molar-refractivity contribution in [2.45, 2.75) is 89.8 Å². The van der Waals surface area contributed by atoms with Gasteiger partial charge in [0, 0.05) is 12.8 Å². The molecule has 134 valence electrons. The zero-order valence-electron chi connectivity index (χ0n) is 14.2. The minimum atomic E-state index is -1.32. The molecule has 3 N–H and O–H groups in total. The van der Waals surface area contributed by atoms with Crippen molar-refractivity contribution in [1.29, 1.82) is 0 Å². The van der Waals surface area contributed by atoms with Crippen LogP contribution in [0.25, 0.3) is 0 Å². The Hall–Kier alpha value is -1.20. The lowest BCUT2D eigenvalue weighted by Crippen LogP contribution is -2.33. The van der Waals surface area contributed by atoms with Crippen molar-refractivity contribution in [1.82, 2.24) is 0 Å². The number of aliphatic hydroxyl groups is 2. The number of unbranched alkanes of at least 4 members (excludes halogenated alkanes) is 6. The van der Waals surface area contributed by atoms with E-state index in [0.717, 1.165) is 25.7 Å². The van der Waals surface area contributed by atoms with Gasteiger partial charge in [-0.25, -0.2) is 0 Å². The van der Waals surface area contributed by atoms with Crippen LogP contribution in [0.1, 0.15) is 77.6 Å². The number of ketones is 1. The lowest BCUT2D eigenvalue weighted by Gasteiger charge is -2.15. The van der Waals surface area contributed by atoms with Crippen LogP contribution >= 0.6 is 0 Å². The molecule has 0 saturated heterocycles. The Balaban J connectivity index is 3.75. The van der Waals surface area contributed by atoms with Crippen molar-refractivity contribution in [3.63, 3.8) is 0 Å². The number of rotatable bonds is 15. The minimum absolute atomic E-state index is 0.153. The van der Waals surface area contributed by atoms with Crippen molar-refractivity contribution in [2.75, 3.05) is 0 Å². The zero-order chi connectivity index (χ0) is 17.5. The summed E-state index contributed by atoms with van der Waals surface area (Å²) in [6.07, 6.45) is 9.29. The van der Waals surface area contributed by atoms with E-state index in [0.29, 0.717) is 12.8 Å². The number of carboxylic acids is 1. The molecule has 0 spiro atoms. The van der Waals surface area contributed by atoms with Gasteiger partial charge in [-0.1, -0.05) is 44.8 Å². The maximum atomic E-state index is 11.8. The van der Waals surface area contributed by atoms with Gasteiger partial charge >= 0.3 is 5.97 Å². The number of hydrogen-bond acceptors (Lipinski definition) is 4.